The number of hydrogen-bond donors (Lipinski definition) is 1. The summed E-state index contributed by atoms with van der Waals surface area (Å²) in [6.07, 6.45) is 2.53. The molecule has 0 bridgehead atoms. The van der Waals surface area contributed by atoms with Crippen LogP contribution in [-0.2, 0) is 19.8 Å². The molecule has 0 radical (unpaired) electrons. The summed E-state index contributed by atoms with van der Waals surface area (Å²) >= 11 is 0. The number of amides is 1. The number of aliphatic hydroxyl groups is 1. The third-order valence-electron chi connectivity index (χ3n) is 7.26. The van der Waals surface area contributed by atoms with Crippen LogP contribution in [0.15, 0.2) is 116 Å². The molecule has 5 rings (SSSR count). The highest BCUT2D eigenvalue weighted by atomic mass is 16.9. The Morgan fingerprint density at radius 2 is 1.33 bits per heavy atom. The highest BCUT2D eigenvalue weighted by Gasteiger charge is 2.56. The monoisotopic (exact) mass is 524 g/mol. The number of aliphatic hydroxyl groups excluding tert-OH is 1. The van der Waals surface area contributed by atoms with Crippen molar-refractivity contribution in [2.45, 2.75) is 30.1 Å². The fourth-order valence-corrected chi connectivity index (χ4v) is 5.44. The number of ether oxygens (including phenoxy) is 3. The Morgan fingerprint density at radius 1 is 0.821 bits per heavy atom. The first-order chi connectivity index (χ1) is 19.0. The van der Waals surface area contributed by atoms with Crippen molar-refractivity contribution in [1.82, 2.24) is 9.88 Å². The zero-order valence-electron chi connectivity index (χ0n) is 22.0. The molecular formula is C32H32N2O5. The van der Waals surface area contributed by atoms with E-state index in [0.29, 0.717) is 5.56 Å². The second kappa shape index (κ2) is 11.5. The molecule has 1 aliphatic heterocycles. The van der Waals surface area contributed by atoms with E-state index >= 15 is 0 Å². The third kappa shape index (κ3) is 4.97. The van der Waals surface area contributed by atoms with Crippen LogP contribution >= 0.6 is 0 Å². The van der Waals surface area contributed by atoms with E-state index in [1.807, 2.05) is 91.0 Å². The van der Waals surface area contributed by atoms with Crippen LogP contribution in [0.2, 0.25) is 0 Å². The van der Waals surface area contributed by atoms with E-state index in [4.69, 9.17) is 14.2 Å². The van der Waals surface area contributed by atoms with E-state index in [-0.39, 0.29) is 18.9 Å². The first kappa shape index (κ1) is 26.7. The van der Waals surface area contributed by atoms with Gasteiger partial charge >= 0.3 is 5.97 Å². The smallest absolute Gasteiger partial charge is 0.305 e. The number of likely N-dealkylation sites (tertiary alicyclic amines) is 1. The molecule has 3 aromatic carbocycles. The molecule has 0 saturated carbocycles. The molecule has 2 atom stereocenters. The van der Waals surface area contributed by atoms with Gasteiger partial charge in [-0.25, -0.2) is 0 Å². The second-order valence-electron chi connectivity index (χ2n) is 9.50. The average Bonchev–Trinajstić information content (AvgIpc) is 3.41. The number of methoxy groups -OCH3 is 2. The van der Waals surface area contributed by atoms with Crippen LogP contribution in [0.4, 0.5) is 0 Å². The van der Waals surface area contributed by atoms with E-state index in [1.54, 1.807) is 23.2 Å². The van der Waals surface area contributed by atoms with E-state index in [1.165, 1.54) is 20.4 Å². The maximum absolute atomic E-state index is 13.7. The molecule has 7 heteroatoms. The number of rotatable bonds is 9. The van der Waals surface area contributed by atoms with Gasteiger partial charge in [-0.3, -0.25) is 9.78 Å². The van der Waals surface area contributed by atoms with Crippen LogP contribution in [-0.4, -0.2) is 59.8 Å². The molecule has 1 saturated heterocycles. The Hall–Kier alpha value is -3.88. The highest BCUT2D eigenvalue weighted by molar-refractivity contribution is 5.94. The summed E-state index contributed by atoms with van der Waals surface area (Å²) in [4.78, 5) is 19.3. The predicted molar refractivity (Wildman–Crippen MR) is 147 cm³/mol. The van der Waals surface area contributed by atoms with Crippen molar-refractivity contribution in [2.75, 3.05) is 20.8 Å². The van der Waals surface area contributed by atoms with E-state index in [0.717, 1.165) is 16.7 Å². The first-order valence-electron chi connectivity index (χ1n) is 12.9. The minimum absolute atomic E-state index is 0.102. The van der Waals surface area contributed by atoms with Crippen molar-refractivity contribution in [3.05, 3.63) is 138 Å². The molecule has 1 fully saturated rings. The number of carbonyl (C=O) groups excluding carboxylic acids is 1. The minimum atomic E-state index is -1.75. The lowest BCUT2D eigenvalue weighted by Gasteiger charge is -2.47. The second-order valence-corrected chi connectivity index (χ2v) is 9.50. The summed E-state index contributed by atoms with van der Waals surface area (Å²) in [6, 6.07) is 32.2. The molecule has 2 unspecified atom stereocenters. The lowest BCUT2D eigenvalue weighted by Crippen LogP contribution is -2.59. The van der Waals surface area contributed by atoms with Crippen LogP contribution in [0.1, 0.15) is 33.5 Å². The quantitative estimate of drug-likeness (QED) is 0.254. The van der Waals surface area contributed by atoms with Gasteiger partial charge < -0.3 is 24.2 Å². The molecule has 1 N–H and O–H groups in total. The minimum Gasteiger partial charge on any atom is -0.391 e. The van der Waals surface area contributed by atoms with Crippen molar-refractivity contribution in [1.29, 1.82) is 0 Å². The summed E-state index contributed by atoms with van der Waals surface area (Å²) in [6.45, 7) is 0.102. The maximum Gasteiger partial charge on any atom is 0.305 e. The molecule has 1 aromatic heterocycles. The van der Waals surface area contributed by atoms with Crippen LogP contribution in [0.5, 0.6) is 0 Å². The molecule has 1 aliphatic rings. The number of hydrogen-bond acceptors (Lipinski definition) is 6. The Morgan fingerprint density at radius 3 is 1.77 bits per heavy atom. The zero-order valence-corrected chi connectivity index (χ0v) is 22.0. The number of carbonyl (C=O) groups is 1. The lowest BCUT2D eigenvalue weighted by molar-refractivity contribution is -0.405. The molecule has 1 amide bonds. The summed E-state index contributed by atoms with van der Waals surface area (Å²) in [7, 11) is 2.99. The summed E-state index contributed by atoms with van der Waals surface area (Å²) < 4.78 is 19.3. The summed E-state index contributed by atoms with van der Waals surface area (Å²) in [5.41, 5.74) is 1.77. The fraction of sp³-hybridized carbons (Fsp3) is 0.250. The van der Waals surface area contributed by atoms with Gasteiger partial charge in [0.2, 0.25) is 0 Å². The van der Waals surface area contributed by atoms with Crippen molar-refractivity contribution >= 4 is 5.91 Å². The molecule has 4 aromatic rings. The van der Waals surface area contributed by atoms with Crippen molar-refractivity contribution in [3.63, 3.8) is 0 Å². The molecule has 200 valence electrons. The molecule has 0 spiro atoms. The molecule has 0 aliphatic carbocycles. The Labute approximate surface area is 228 Å². The van der Waals surface area contributed by atoms with E-state index < -0.39 is 23.7 Å². The summed E-state index contributed by atoms with van der Waals surface area (Å²) in [5, 5.41) is 10.8. The van der Waals surface area contributed by atoms with Crippen molar-refractivity contribution < 1.29 is 24.1 Å². The Bertz CT molecular complexity index is 1250. The van der Waals surface area contributed by atoms with Crippen LogP contribution in [0, 0.1) is 0 Å². The fourth-order valence-electron chi connectivity index (χ4n) is 5.44. The van der Waals surface area contributed by atoms with Gasteiger partial charge in [0.1, 0.15) is 11.6 Å². The standard InChI is InChI=1S/C32H32N2O5/c1-37-32(38-2,29-21-28(35)23-34(29)30(36)24-13-12-20-33-22-24)39-31(25-14-6-3-7-15-25,26-16-8-4-9-17-26)27-18-10-5-11-19-27/h3-20,22,28-29,35H,21,23H2,1-2H3. The molecule has 7 nitrogen and oxygen atoms in total. The van der Waals surface area contributed by atoms with Crippen LogP contribution in [0.3, 0.4) is 0 Å². The maximum atomic E-state index is 13.7. The van der Waals surface area contributed by atoms with Crippen LogP contribution in [0.25, 0.3) is 0 Å². The highest BCUT2D eigenvalue weighted by Crippen LogP contribution is 2.46. The van der Waals surface area contributed by atoms with Gasteiger partial charge in [-0.05, 0) is 28.8 Å². The average molecular weight is 525 g/mol. The van der Waals surface area contributed by atoms with Gasteiger partial charge in [-0.2, -0.15) is 0 Å². The number of pyridine rings is 1. The molecule has 2 heterocycles. The normalized spacial score (nSPS) is 17.8. The van der Waals surface area contributed by atoms with E-state index in [9.17, 15) is 9.90 Å². The van der Waals surface area contributed by atoms with Gasteiger partial charge in [0, 0.05) is 39.6 Å². The molecular weight excluding hydrogens is 492 g/mol. The van der Waals surface area contributed by atoms with Crippen LogP contribution < -0.4 is 0 Å². The lowest BCUT2D eigenvalue weighted by atomic mass is 9.80. The number of β-amino-alcohol motifs (C(OH)–C–C–N with tert-alkyl or cyclic N) is 1. The first-order valence-corrected chi connectivity index (χ1v) is 12.9. The summed E-state index contributed by atoms with van der Waals surface area (Å²) in [5.74, 6) is -2.05. The van der Waals surface area contributed by atoms with Gasteiger partial charge in [0.05, 0.1) is 11.7 Å². The number of aromatic nitrogens is 1. The molecule has 39 heavy (non-hydrogen) atoms. The van der Waals surface area contributed by atoms with Gasteiger partial charge in [-0.15, -0.1) is 0 Å². The van der Waals surface area contributed by atoms with Gasteiger partial charge in [0.15, 0.2) is 0 Å². The number of nitrogens with zero attached hydrogens (tertiary/aromatic N) is 2. The van der Waals surface area contributed by atoms with Crippen molar-refractivity contribution in [3.8, 4) is 0 Å². The van der Waals surface area contributed by atoms with Gasteiger partial charge in [-0.1, -0.05) is 91.0 Å². The third-order valence-corrected chi connectivity index (χ3v) is 7.26. The zero-order chi connectivity index (χ0) is 27.3. The van der Waals surface area contributed by atoms with Gasteiger partial charge in [0.25, 0.3) is 5.91 Å². The topological polar surface area (TPSA) is 81.1 Å². The Kier molecular flexibility index (Phi) is 7.86. The Balaban J connectivity index is 1.69. The van der Waals surface area contributed by atoms with E-state index in [2.05, 4.69) is 4.98 Å². The van der Waals surface area contributed by atoms with Crippen molar-refractivity contribution in [2.24, 2.45) is 0 Å². The SMILES string of the molecule is COC(OC)(OC(c1ccccc1)(c1ccccc1)c1ccccc1)C1CC(O)CN1C(=O)c1cccnc1. The predicted octanol–water partition coefficient (Wildman–Crippen LogP) is 4.61. The number of benzene rings is 3. The largest absolute Gasteiger partial charge is 0.391 e.